The molecule has 4 heteroatoms. The molecule has 1 aromatic heterocycles. The van der Waals surface area contributed by atoms with E-state index in [9.17, 15) is 5.11 Å². The Balaban J connectivity index is 1.65. The number of pyridine rings is 1. The van der Waals surface area contributed by atoms with Crippen LogP contribution < -0.4 is 4.74 Å². The molecule has 1 aromatic carbocycles. The average Bonchev–Trinajstić information content (AvgIpc) is 2.62. The zero-order valence-corrected chi connectivity index (χ0v) is 14.5. The smallest absolute Gasteiger partial charge is 0.137 e. The molecule has 0 bridgehead atoms. The summed E-state index contributed by atoms with van der Waals surface area (Å²) in [4.78, 5) is 6.58. The molecule has 1 aliphatic carbocycles. The molecule has 1 saturated carbocycles. The van der Waals surface area contributed by atoms with Crippen LogP contribution in [0, 0.1) is 0 Å². The highest BCUT2D eigenvalue weighted by Gasteiger charge is 2.23. The Morgan fingerprint density at radius 3 is 2.67 bits per heavy atom. The second kappa shape index (κ2) is 7.77. The molecule has 0 amide bonds. The number of benzene rings is 1. The zero-order valence-electron chi connectivity index (χ0n) is 14.5. The van der Waals surface area contributed by atoms with E-state index in [0.29, 0.717) is 6.04 Å². The number of rotatable bonds is 5. The van der Waals surface area contributed by atoms with Gasteiger partial charge in [0, 0.05) is 24.3 Å². The maximum absolute atomic E-state index is 9.86. The molecule has 1 fully saturated rings. The molecule has 128 valence electrons. The van der Waals surface area contributed by atoms with E-state index in [1.807, 2.05) is 12.3 Å². The Labute approximate surface area is 144 Å². The minimum absolute atomic E-state index is 0.130. The summed E-state index contributed by atoms with van der Waals surface area (Å²) in [6.45, 7) is 0.911. The molecule has 1 N–H and O–H groups in total. The minimum Gasteiger partial charge on any atom is -0.495 e. The van der Waals surface area contributed by atoms with Crippen molar-refractivity contribution in [2.45, 2.75) is 44.4 Å². The third kappa shape index (κ3) is 4.13. The number of aromatic nitrogens is 1. The topological polar surface area (TPSA) is 45.6 Å². The first-order valence-corrected chi connectivity index (χ1v) is 8.62. The highest BCUT2D eigenvalue weighted by molar-refractivity contribution is 5.64. The number of methoxy groups -OCH3 is 1. The lowest BCUT2D eigenvalue weighted by Crippen LogP contribution is -2.37. The number of ether oxygens (including phenoxy) is 1. The maximum atomic E-state index is 9.86. The van der Waals surface area contributed by atoms with E-state index in [1.54, 1.807) is 13.3 Å². The van der Waals surface area contributed by atoms with Crippen LogP contribution in [0.4, 0.5) is 0 Å². The fourth-order valence-corrected chi connectivity index (χ4v) is 3.45. The Kier molecular flexibility index (Phi) is 5.48. The standard InChI is InChI=1S/C20H26N2O2/c1-22(18-4-3-5-19(23)11-18)14-15-6-8-16(9-7-15)17-10-20(24-2)13-21-12-17/h6-10,12-13,18-19,23H,3-5,11,14H2,1-2H3/t18?,19-/m1/s1. The predicted molar refractivity (Wildman–Crippen MR) is 96.0 cm³/mol. The van der Waals surface area contributed by atoms with Crippen molar-refractivity contribution in [2.75, 3.05) is 14.2 Å². The molecule has 1 aliphatic rings. The third-order valence-corrected chi connectivity index (χ3v) is 4.91. The zero-order chi connectivity index (χ0) is 16.9. The van der Waals surface area contributed by atoms with Crippen LogP contribution >= 0.6 is 0 Å². The van der Waals surface area contributed by atoms with Crippen molar-refractivity contribution in [2.24, 2.45) is 0 Å². The van der Waals surface area contributed by atoms with Crippen LogP contribution in [-0.4, -0.2) is 41.3 Å². The number of nitrogens with zero attached hydrogens (tertiary/aromatic N) is 2. The molecule has 0 saturated heterocycles. The van der Waals surface area contributed by atoms with Crippen LogP contribution in [0.25, 0.3) is 11.1 Å². The van der Waals surface area contributed by atoms with Gasteiger partial charge in [0.25, 0.3) is 0 Å². The molecule has 2 atom stereocenters. The number of hydrogen-bond donors (Lipinski definition) is 1. The molecule has 1 heterocycles. The number of aliphatic hydroxyl groups is 1. The molecular weight excluding hydrogens is 300 g/mol. The fraction of sp³-hybridized carbons (Fsp3) is 0.450. The van der Waals surface area contributed by atoms with Gasteiger partial charge in [-0.2, -0.15) is 0 Å². The lowest BCUT2D eigenvalue weighted by atomic mass is 9.92. The van der Waals surface area contributed by atoms with E-state index >= 15 is 0 Å². The highest BCUT2D eigenvalue weighted by Crippen LogP contribution is 2.25. The van der Waals surface area contributed by atoms with Gasteiger partial charge < -0.3 is 9.84 Å². The molecular formula is C20H26N2O2. The van der Waals surface area contributed by atoms with Gasteiger partial charge in [-0.3, -0.25) is 9.88 Å². The lowest BCUT2D eigenvalue weighted by molar-refractivity contribution is 0.0701. The molecule has 0 radical (unpaired) electrons. The maximum Gasteiger partial charge on any atom is 0.137 e. The van der Waals surface area contributed by atoms with Gasteiger partial charge in [-0.05, 0) is 49.9 Å². The Hall–Kier alpha value is -1.91. The van der Waals surface area contributed by atoms with E-state index < -0.39 is 0 Å². The molecule has 2 aromatic rings. The summed E-state index contributed by atoms with van der Waals surface area (Å²) >= 11 is 0. The molecule has 0 spiro atoms. The third-order valence-electron chi connectivity index (χ3n) is 4.91. The Morgan fingerprint density at radius 1 is 1.17 bits per heavy atom. The average molecular weight is 326 g/mol. The molecule has 4 nitrogen and oxygen atoms in total. The predicted octanol–water partition coefficient (Wildman–Crippen LogP) is 3.49. The second-order valence-corrected chi connectivity index (χ2v) is 6.70. The monoisotopic (exact) mass is 326 g/mol. The van der Waals surface area contributed by atoms with Crippen molar-refractivity contribution in [1.29, 1.82) is 0 Å². The Morgan fingerprint density at radius 2 is 1.96 bits per heavy atom. The van der Waals surface area contributed by atoms with Gasteiger partial charge in [-0.15, -0.1) is 0 Å². The minimum atomic E-state index is -0.130. The summed E-state index contributed by atoms with van der Waals surface area (Å²) < 4.78 is 5.24. The molecule has 0 aliphatic heterocycles. The summed E-state index contributed by atoms with van der Waals surface area (Å²) in [6.07, 6.45) is 7.59. The van der Waals surface area contributed by atoms with Gasteiger partial charge in [0.2, 0.25) is 0 Å². The van der Waals surface area contributed by atoms with Crippen molar-refractivity contribution < 1.29 is 9.84 Å². The first kappa shape index (κ1) is 16.9. The number of aliphatic hydroxyl groups excluding tert-OH is 1. The normalized spacial score (nSPS) is 21.0. The molecule has 24 heavy (non-hydrogen) atoms. The molecule has 3 rings (SSSR count). The van der Waals surface area contributed by atoms with Crippen LogP contribution in [0.1, 0.15) is 31.2 Å². The van der Waals surface area contributed by atoms with Crippen molar-refractivity contribution in [3.63, 3.8) is 0 Å². The highest BCUT2D eigenvalue weighted by atomic mass is 16.5. The van der Waals surface area contributed by atoms with Gasteiger partial charge in [0.15, 0.2) is 0 Å². The summed E-state index contributed by atoms with van der Waals surface area (Å²) in [5.41, 5.74) is 3.49. The van der Waals surface area contributed by atoms with E-state index in [1.165, 1.54) is 12.0 Å². The summed E-state index contributed by atoms with van der Waals surface area (Å²) in [6, 6.07) is 11.1. The lowest BCUT2D eigenvalue weighted by Gasteiger charge is -2.33. The van der Waals surface area contributed by atoms with Crippen LogP contribution in [0.15, 0.2) is 42.7 Å². The largest absolute Gasteiger partial charge is 0.495 e. The van der Waals surface area contributed by atoms with E-state index in [-0.39, 0.29) is 6.10 Å². The van der Waals surface area contributed by atoms with Crippen molar-refractivity contribution in [3.05, 3.63) is 48.3 Å². The summed E-state index contributed by atoms with van der Waals surface area (Å²) in [7, 11) is 3.81. The molecule has 1 unspecified atom stereocenters. The van der Waals surface area contributed by atoms with E-state index in [4.69, 9.17) is 4.74 Å². The quantitative estimate of drug-likeness (QED) is 0.913. The fourth-order valence-electron chi connectivity index (χ4n) is 3.45. The van der Waals surface area contributed by atoms with Gasteiger partial charge in [-0.1, -0.05) is 24.3 Å². The van der Waals surface area contributed by atoms with Crippen molar-refractivity contribution in [3.8, 4) is 16.9 Å². The van der Waals surface area contributed by atoms with Crippen molar-refractivity contribution >= 4 is 0 Å². The van der Waals surface area contributed by atoms with Crippen LogP contribution in [0.5, 0.6) is 5.75 Å². The first-order chi connectivity index (χ1) is 11.7. The van der Waals surface area contributed by atoms with E-state index in [0.717, 1.165) is 42.7 Å². The van der Waals surface area contributed by atoms with E-state index in [2.05, 4.69) is 41.2 Å². The van der Waals surface area contributed by atoms with Gasteiger partial charge in [0.1, 0.15) is 5.75 Å². The van der Waals surface area contributed by atoms with Gasteiger partial charge in [-0.25, -0.2) is 0 Å². The second-order valence-electron chi connectivity index (χ2n) is 6.70. The van der Waals surface area contributed by atoms with Crippen LogP contribution in [-0.2, 0) is 6.54 Å². The van der Waals surface area contributed by atoms with Crippen molar-refractivity contribution in [1.82, 2.24) is 9.88 Å². The Bertz CT molecular complexity index is 657. The summed E-state index contributed by atoms with van der Waals surface area (Å²) in [5, 5.41) is 9.86. The first-order valence-electron chi connectivity index (χ1n) is 8.62. The SMILES string of the molecule is COc1cncc(-c2ccc(CN(C)C3CCC[C@@H](O)C3)cc2)c1. The van der Waals surface area contributed by atoms with Crippen LogP contribution in [0.3, 0.4) is 0 Å². The summed E-state index contributed by atoms with van der Waals surface area (Å²) in [5.74, 6) is 0.771. The van der Waals surface area contributed by atoms with Gasteiger partial charge in [0.05, 0.1) is 19.4 Å². The van der Waals surface area contributed by atoms with Gasteiger partial charge >= 0.3 is 0 Å². The van der Waals surface area contributed by atoms with Crippen LogP contribution in [0.2, 0.25) is 0 Å². The number of hydrogen-bond acceptors (Lipinski definition) is 4.